The van der Waals surface area contributed by atoms with Gasteiger partial charge in [-0.2, -0.15) is 0 Å². The summed E-state index contributed by atoms with van der Waals surface area (Å²) >= 11 is 1.75. The molecule has 0 spiro atoms. The van der Waals surface area contributed by atoms with Crippen LogP contribution in [0.5, 0.6) is 0 Å². The third-order valence-corrected chi connectivity index (χ3v) is 6.75. The summed E-state index contributed by atoms with van der Waals surface area (Å²) in [6.07, 6.45) is 1.63. The minimum Gasteiger partial charge on any atom is -0.340 e. The molecule has 2 N–H and O–H groups in total. The molecule has 1 aliphatic heterocycles. The summed E-state index contributed by atoms with van der Waals surface area (Å²) in [5.41, 5.74) is 6.82. The minimum absolute atomic E-state index is 0.111. The number of thiazole rings is 1. The fourth-order valence-corrected chi connectivity index (χ4v) is 4.22. The molecule has 0 bridgehead atoms. The van der Waals surface area contributed by atoms with E-state index in [2.05, 4.69) is 44.9 Å². The monoisotopic (exact) mass is 366 g/mol. The zero-order chi connectivity index (χ0) is 18.7. The molecule has 1 aliphatic rings. The molecule has 1 aromatic rings. The predicted molar refractivity (Wildman–Crippen MR) is 105 cm³/mol. The molecule has 0 radical (unpaired) electrons. The lowest BCUT2D eigenvalue weighted by molar-refractivity contribution is -0.144. The van der Waals surface area contributed by atoms with Crippen molar-refractivity contribution in [3.05, 3.63) is 16.1 Å². The summed E-state index contributed by atoms with van der Waals surface area (Å²) in [5.74, 6) is 0.239. The maximum absolute atomic E-state index is 12.9. The lowest BCUT2D eigenvalue weighted by Gasteiger charge is -2.40. The highest BCUT2D eigenvalue weighted by molar-refractivity contribution is 7.09. The summed E-state index contributed by atoms with van der Waals surface area (Å²) in [6.45, 7) is 15.4. The van der Waals surface area contributed by atoms with Crippen molar-refractivity contribution in [1.82, 2.24) is 14.8 Å². The van der Waals surface area contributed by atoms with E-state index in [1.165, 1.54) is 5.01 Å². The van der Waals surface area contributed by atoms with Gasteiger partial charge in [0.1, 0.15) is 0 Å². The fraction of sp³-hybridized carbons (Fsp3) is 0.789. The lowest BCUT2D eigenvalue weighted by Crippen LogP contribution is -2.54. The molecule has 0 saturated carbocycles. The Balaban J connectivity index is 1.91. The molecule has 0 unspecified atom stereocenters. The number of nitrogens with two attached hydrogens (primary N) is 1. The van der Waals surface area contributed by atoms with E-state index in [0.29, 0.717) is 6.54 Å². The van der Waals surface area contributed by atoms with E-state index in [0.717, 1.165) is 51.3 Å². The normalized spacial score (nSPS) is 17.1. The Hall–Kier alpha value is -0.980. The van der Waals surface area contributed by atoms with Crippen molar-refractivity contribution in [2.75, 3.05) is 32.7 Å². The number of carbonyl (C=O) groups is 1. The number of carbonyl (C=O) groups excluding carboxylic acids is 1. The Morgan fingerprint density at radius 1 is 1.20 bits per heavy atom. The van der Waals surface area contributed by atoms with Crippen molar-refractivity contribution < 1.29 is 4.79 Å². The number of hydrogen-bond acceptors (Lipinski definition) is 5. The first-order valence-corrected chi connectivity index (χ1v) is 10.3. The van der Waals surface area contributed by atoms with Crippen LogP contribution >= 0.6 is 11.3 Å². The van der Waals surface area contributed by atoms with Gasteiger partial charge in [0.15, 0.2) is 0 Å². The summed E-state index contributed by atoms with van der Waals surface area (Å²) in [5, 5.41) is 3.36. The fourth-order valence-electron chi connectivity index (χ4n) is 3.33. The highest BCUT2D eigenvalue weighted by Gasteiger charge is 2.37. The SMILES string of the molecule is CCC(CC)(CN)C(=O)N1CCN(Cc2csc(C(C)(C)C)n2)CC1. The van der Waals surface area contributed by atoms with Crippen LogP contribution in [-0.2, 0) is 16.8 Å². The quantitative estimate of drug-likeness (QED) is 0.841. The molecule has 142 valence electrons. The van der Waals surface area contributed by atoms with Crippen molar-refractivity contribution in [2.45, 2.75) is 59.4 Å². The van der Waals surface area contributed by atoms with E-state index in [1.807, 2.05) is 4.90 Å². The Kier molecular flexibility index (Phi) is 6.62. The first kappa shape index (κ1) is 20.3. The van der Waals surface area contributed by atoms with Gasteiger partial charge in [0.2, 0.25) is 5.91 Å². The molecule has 1 fully saturated rings. The molecule has 6 heteroatoms. The van der Waals surface area contributed by atoms with Crippen molar-refractivity contribution >= 4 is 17.2 Å². The second-order valence-electron chi connectivity index (χ2n) is 8.15. The first-order chi connectivity index (χ1) is 11.8. The van der Waals surface area contributed by atoms with Crippen LogP contribution in [-0.4, -0.2) is 53.4 Å². The first-order valence-electron chi connectivity index (χ1n) is 9.42. The third-order valence-electron chi connectivity index (χ3n) is 5.44. The summed E-state index contributed by atoms with van der Waals surface area (Å²) in [6, 6.07) is 0. The molecule has 2 rings (SSSR count). The van der Waals surface area contributed by atoms with Crippen molar-refractivity contribution in [3.8, 4) is 0 Å². The maximum atomic E-state index is 12.9. The van der Waals surface area contributed by atoms with E-state index >= 15 is 0 Å². The molecular weight excluding hydrogens is 332 g/mol. The van der Waals surface area contributed by atoms with Gasteiger partial charge >= 0.3 is 0 Å². The van der Waals surface area contributed by atoms with Gasteiger partial charge in [-0.05, 0) is 12.8 Å². The standard InChI is InChI=1S/C19H34N4OS/c1-6-19(7-2,14-20)17(24)23-10-8-22(9-11-23)12-15-13-25-16(21-15)18(3,4)5/h13H,6-12,14,20H2,1-5H3. The molecule has 5 nitrogen and oxygen atoms in total. The summed E-state index contributed by atoms with van der Waals surface area (Å²) in [4.78, 5) is 22.1. The molecule has 0 atom stereocenters. The smallest absolute Gasteiger partial charge is 0.230 e. The number of piperazine rings is 1. The second kappa shape index (κ2) is 8.14. The van der Waals surface area contributed by atoms with E-state index in [4.69, 9.17) is 10.7 Å². The van der Waals surface area contributed by atoms with Crippen molar-refractivity contribution in [3.63, 3.8) is 0 Å². The van der Waals surface area contributed by atoms with E-state index in [-0.39, 0.29) is 16.7 Å². The van der Waals surface area contributed by atoms with Gasteiger partial charge in [-0.25, -0.2) is 4.98 Å². The zero-order valence-electron chi connectivity index (χ0n) is 16.5. The van der Waals surface area contributed by atoms with Crippen molar-refractivity contribution in [1.29, 1.82) is 0 Å². The average Bonchev–Trinajstić information content (AvgIpc) is 3.06. The van der Waals surface area contributed by atoms with Crippen LogP contribution in [0.2, 0.25) is 0 Å². The van der Waals surface area contributed by atoms with Gasteiger partial charge in [0.05, 0.1) is 16.1 Å². The number of hydrogen-bond donors (Lipinski definition) is 1. The zero-order valence-corrected chi connectivity index (χ0v) is 17.3. The van der Waals surface area contributed by atoms with Crippen LogP contribution in [0.1, 0.15) is 58.2 Å². The Labute approximate surface area is 156 Å². The van der Waals surface area contributed by atoms with Gasteiger partial charge in [-0.15, -0.1) is 11.3 Å². The predicted octanol–water partition coefficient (Wildman–Crippen LogP) is 2.85. The van der Waals surface area contributed by atoms with Crippen LogP contribution in [0.3, 0.4) is 0 Å². The lowest BCUT2D eigenvalue weighted by atomic mass is 9.81. The number of nitrogens with zero attached hydrogens (tertiary/aromatic N) is 3. The highest BCUT2D eigenvalue weighted by atomic mass is 32.1. The van der Waals surface area contributed by atoms with Crippen LogP contribution in [0, 0.1) is 5.41 Å². The molecule has 1 aromatic heterocycles. The molecule has 0 aliphatic carbocycles. The van der Waals surface area contributed by atoms with Gasteiger partial charge < -0.3 is 10.6 Å². The largest absolute Gasteiger partial charge is 0.340 e. The Morgan fingerprint density at radius 3 is 2.24 bits per heavy atom. The Morgan fingerprint density at radius 2 is 1.80 bits per heavy atom. The van der Waals surface area contributed by atoms with Crippen molar-refractivity contribution in [2.24, 2.45) is 11.1 Å². The molecule has 0 aromatic carbocycles. The highest BCUT2D eigenvalue weighted by Crippen LogP contribution is 2.29. The van der Waals surface area contributed by atoms with Crippen LogP contribution in [0.25, 0.3) is 0 Å². The second-order valence-corrected chi connectivity index (χ2v) is 9.01. The molecule has 1 saturated heterocycles. The van der Waals surface area contributed by atoms with Gasteiger partial charge in [-0.1, -0.05) is 34.6 Å². The van der Waals surface area contributed by atoms with E-state index < -0.39 is 0 Å². The number of amides is 1. The third kappa shape index (κ3) is 4.60. The Bertz CT molecular complexity index is 558. The van der Waals surface area contributed by atoms with E-state index in [1.54, 1.807) is 11.3 Å². The molecule has 1 amide bonds. The van der Waals surface area contributed by atoms with Gasteiger partial charge in [-0.3, -0.25) is 9.69 Å². The summed E-state index contributed by atoms with van der Waals surface area (Å²) in [7, 11) is 0. The molecule has 2 heterocycles. The van der Waals surface area contributed by atoms with Crippen LogP contribution in [0.4, 0.5) is 0 Å². The minimum atomic E-state index is -0.376. The van der Waals surface area contributed by atoms with Crippen LogP contribution in [0.15, 0.2) is 5.38 Å². The average molecular weight is 367 g/mol. The maximum Gasteiger partial charge on any atom is 0.230 e. The van der Waals surface area contributed by atoms with E-state index in [9.17, 15) is 4.79 Å². The van der Waals surface area contributed by atoms with Gasteiger partial charge in [0, 0.05) is 50.1 Å². The molecule has 25 heavy (non-hydrogen) atoms. The number of aromatic nitrogens is 1. The summed E-state index contributed by atoms with van der Waals surface area (Å²) < 4.78 is 0. The van der Waals surface area contributed by atoms with Gasteiger partial charge in [0.25, 0.3) is 0 Å². The topological polar surface area (TPSA) is 62.5 Å². The van der Waals surface area contributed by atoms with Crippen LogP contribution < -0.4 is 5.73 Å². The molecular formula is C19H34N4OS. The number of rotatable bonds is 6.